The Balaban J connectivity index is 0.000000791. The van der Waals surface area contributed by atoms with E-state index >= 15 is 0 Å². The number of hydrogen-bond acceptors (Lipinski definition) is 1. The van der Waals surface area contributed by atoms with Crippen LogP contribution in [0.2, 0.25) is 29.5 Å². The van der Waals surface area contributed by atoms with Crippen LogP contribution in [0.4, 0.5) is 0 Å². The van der Waals surface area contributed by atoms with Gasteiger partial charge in [0.25, 0.3) is 0 Å². The van der Waals surface area contributed by atoms with Gasteiger partial charge in [-0.25, -0.2) is 0 Å². The first-order valence-electron chi connectivity index (χ1n) is 3.36. The van der Waals surface area contributed by atoms with Crippen LogP contribution < -0.4 is 5.11 Å². The first-order chi connectivity index (χ1) is 6.46. The Morgan fingerprint density at radius 2 is 0.929 bits per heavy atom. The quantitative estimate of drug-likeness (QED) is 0.302. The number of benzene rings is 1. The molecule has 1 rings (SSSR count). The van der Waals surface area contributed by atoms with Gasteiger partial charge in [0.15, 0.2) is 0 Å². The molecule has 0 fully saturated rings. The fourth-order valence-electron chi connectivity index (χ4n) is 0.585. The minimum atomic E-state index is -0.613. The molecule has 0 saturated carbocycles. The molecule has 0 heterocycles. The normalized spacial score (nSPS) is 9.43. The minimum Gasteiger partial charge on any atom is -0.870 e. The second kappa shape index (κ2) is 6.87. The summed E-state index contributed by atoms with van der Waals surface area (Å²) in [7, 11) is 0. The van der Waals surface area contributed by atoms with E-state index < -0.39 is 5.75 Å². The van der Waals surface area contributed by atoms with Crippen LogP contribution in [0, 0.1) is 0 Å². The maximum absolute atomic E-state index is 11.1. The zero-order chi connectivity index (χ0) is 11.5. The molecule has 74 valence electrons. The van der Waals surface area contributed by atoms with Crippen LogP contribution in [0.25, 0.3) is 0 Å². The van der Waals surface area contributed by atoms with E-state index in [1.165, 1.54) is 0 Å². The van der Waals surface area contributed by atoms with Crippen molar-refractivity contribution in [1.29, 1.82) is 0 Å². The molecule has 0 aromatic heterocycles. The Hall–Kier alpha value is 1.41. The van der Waals surface area contributed by atoms with E-state index in [1.54, 1.807) is 0 Å². The number of hydrogen-bond donors (Lipinski definition) is 0. The van der Waals surface area contributed by atoms with E-state index in [2.05, 4.69) is 4.43 Å². The molecule has 7 heteroatoms. The van der Waals surface area contributed by atoms with Gasteiger partial charge in [-0.3, -0.25) is 0 Å². The SMILES string of the molecule is [CH3][Hg+].[O-]c1c(Cl)c(Cl)c(Cl)c(Cl)c1Cl. The summed E-state index contributed by atoms with van der Waals surface area (Å²) in [5.74, 6) is -0.613. The van der Waals surface area contributed by atoms with Crippen LogP contribution >= 0.6 is 58.0 Å². The molecule has 1 aromatic carbocycles. The molecular formula is C7H3Cl5HgO. The molecule has 0 N–H and O–H groups in total. The van der Waals surface area contributed by atoms with Crippen LogP contribution in [-0.2, 0) is 26.1 Å². The summed E-state index contributed by atoms with van der Waals surface area (Å²) in [6, 6.07) is 0. The molecule has 0 aliphatic rings. The van der Waals surface area contributed by atoms with Crippen LogP contribution in [0.1, 0.15) is 0 Å². The summed E-state index contributed by atoms with van der Waals surface area (Å²) in [6.07, 6.45) is 0. The first-order valence-corrected chi connectivity index (χ1v) is 10.7. The third kappa shape index (κ3) is 3.20. The van der Waals surface area contributed by atoms with Crippen molar-refractivity contribution in [3.63, 3.8) is 0 Å². The molecule has 0 aliphatic carbocycles. The van der Waals surface area contributed by atoms with Crippen LogP contribution in [0.15, 0.2) is 0 Å². The molecular weight excluding hydrogens is 478 g/mol. The topological polar surface area (TPSA) is 23.1 Å². The predicted octanol–water partition coefficient (Wildman–Crippen LogP) is 4.61. The van der Waals surface area contributed by atoms with E-state index in [4.69, 9.17) is 58.0 Å². The van der Waals surface area contributed by atoms with Crippen molar-refractivity contribution in [2.45, 2.75) is 4.43 Å². The zero-order valence-electron chi connectivity index (χ0n) is 7.01. The molecule has 0 unspecified atom stereocenters. The smallest absolute Gasteiger partial charge is 0.0808 e. The number of rotatable bonds is 0. The fraction of sp³-hybridized carbons (Fsp3) is 0.143. The molecule has 0 atom stereocenters. The average Bonchev–Trinajstić information content (AvgIpc) is 2.24. The van der Waals surface area contributed by atoms with Gasteiger partial charge >= 0.3 is 30.6 Å². The maximum Gasteiger partial charge on any atom is 0.0808 e. The van der Waals surface area contributed by atoms with E-state index in [1.807, 2.05) is 0 Å². The average molecular weight is 481 g/mol. The monoisotopic (exact) mass is 480 g/mol. The molecule has 1 nitrogen and oxygen atoms in total. The van der Waals surface area contributed by atoms with Gasteiger partial charge in [0.05, 0.1) is 25.1 Å². The van der Waals surface area contributed by atoms with Crippen molar-refractivity contribution in [3.05, 3.63) is 25.1 Å². The Morgan fingerprint density at radius 1 is 0.714 bits per heavy atom. The second-order valence-corrected chi connectivity index (χ2v) is 3.79. The molecule has 0 bridgehead atoms. The van der Waals surface area contributed by atoms with Crippen molar-refractivity contribution in [2.75, 3.05) is 0 Å². The van der Waals surface area contributed by atoms with Crippen LogP contribution in [0.5, 0.6) is 5.75 Å². The zero-order valence-corrected chi connectivity index (χ0v) is 16.3. The molecule has 0 radical (unpaired) electrons. The molecule has 14 heavy (non-hydrogen) atoms. The second-order valence-electron chi connectivity index (χ2n) is 1.90. The first kappa shape index (κ1) is 15.4. The van der Waals surface area contributed by atoms with Crippen molar-refractivity contribution < 1.29 is 31.2 Å². The summed E-state index contributed by atoms with van der Waals surface area (Å²) in [5, 5.41) is 10.5. The van der Waals surface area contributed by atoms with Crippen molar-refractivity contribution in [1.82, 2.24) is 0 Å². The molecule has 0 amide bonds. The standard InChI is InChI=1S/C6HCl5O.CH3.Hg/c7-1-2(8)4(10)6(12)5(11)3(1)9;;/h12H;1H3;/q;;+1/p-1. The molecule has 0 spiro atoms. The van der Waals surface area contributed by atoms with Crippen LogP contribution in [-0.4, -0.2) is 0 Å². The van der Waals surface area contributed by atoms with E-state index in [0.29, 0.717) is 0 Å². The Kier molecular flexibility index (Phi) is 7.56. The van der Waals surface area contributed by atoms with Gasteiger partial charge in [0.1, 0.15) is 0 Å². The Morgan fingerprint density at radius 3 is 1.21 bits per heavy atom. The summed E-state index contributed by atoms with van der Waals surface area (Å²) >= 11 is 28.7. The van der Waals surface area contributed by atoms with Gasteiger partial charge in [0, 0.05) is 0 Å². The van der Waals surface area contributed by atoms with Gasteiger partial charge in [-0.1, -0.05) is 63.8 Å². The van der Waals surface area contributed by atoms with E-state index in [9.17, 15) is 5.11 Å². The summed E-state index contributed by atoms with van der Waals surface area (Å²) in [4.78, 5) is 0. The summed E-state index contributed by atoms with van der Waals surface area (Å²) < 4.78 is 2.19. The predicted molar refractivity (Wildman–Crippen MR) is 56.8 cm³/mol. The van der Waals surface area contributed by atoms with Gasteiger partial charge in [0.2, 0.25) is 0 Å². The summed E-state index contributed by atoms with van der Waals surface area (Å²) in [6.45, 7) is 0. The van der Waals surface area contributed by atoms with Gasteiger partial charge in [-0.05, 0) is 0 Å². The molecule has 0 aliphatic heterocycles. The van der Waals surface area contributed by atoms with Crippen molar-refractivity contribution in [3.8, 4) is 5.75 Å². The van der Waals surface area contributed by atoms with Crippen molar-refractivity contribution >= 4 is 58.0 Å². The Bertz CT molecular complexity index is 236. The minimum absolute atomic E-state index is 0.00654. The van der Waals surface area contributed by atoms with E-state index in [-0.39, 0.29) is 25.1 Å². The number of halogens is 5. The Labute approximate surface area is 123 Å². The summed E-state index contributed by atoms with van der Waals surface area (Å²) in [5.41, 5.74) is 0. The largest absolute Gasteiger partial charge is 0.870 e. The van der Waals surface area contributed by atoms with E-state index in [0.717, 1.165) is 26.1 Å². The third-order valence-electron chi connectivity index (χ3n) is 1.17. The molecule has 0 saturated heterocycles. The maximum atomic E-state index is 11.1. The van der Waals surface area contributed by atoms with Gasteiger partial charge in [-0.15, -0.1) is 0 Å². The third-order valence-corrected chi connectivity index (χ3v) is 3.41. The van der Waals surface area contributed by atoms with Crippen molar-refractivity contribution in [2.24, 2.45) is 0 Å². The van der Waals surface area contributed by atoms with Crippen LogP contribution in [0.3, 0.4) is 0 Å². The van der Waals surface area contributed by atoms with Gasteiger partial charge in [-0.2, -0.15) is 0 Å². The molecule has 1 aromatic rings. The fourth-order valence-corrected chi connectivity index (χ4v) is 1.71. The van der Waals surface area contributed by atoms with Gasteiger partial charge < -0.3 is 5.11 Å².